The van der Waals surface area contributed by atoms with E-state index in [2.05, 4.69) is 0 Å². The minimum absolute atomic E-state index is 0.0596. The van der Waals surface area contributed by atoms with Gasteiger partial charge in [0.25, 0.3) is 0 Å². The van der Waals surface area contributed by atoms with Crippen molar-refractivity contribution in [2.24, 2.45) is 0 Å². The first kappa shape index (κ1) is 35.7. The Kier molecular flexibility index (Phi) is 10.8. The highest BCUT2D eigenvalue weighted by molar-refractivity contribution is 6.45. The second-order valence-corrected chi connectivity index (χ2v) is 15.1. The molecule has 2 atom stereocenters. The van der Waals surface area contributed by atoms with Crippen LogP contribution in [0.3, 0.4) is 0 Å². The molecule has 11 heteroatoms. The maximum Gasteiger partial charge on any atom is 0.457 e. The molecule has 0 N–H and O–H groups in total. The van der Waals surface area contributed by atoms with Crippen molar-refractivity contribution in [2.75, 3.05) is 13.6 Å². The van der Waals surface area contributed by atoms with E-state index in [1.807, 2.05) is 58.0 Å². The SMILES string of the molecule is CN(C(=O)OC(C)(C)C)[C@H]1CN(C(=O)OC(C)(C)C)C(CCCCB2OC(C)(C)C(C)(C)O2)(C(=O)OCc2ccccc2)C1. The van der Waals surface area contributed by atoms with Gasteiger partial charge in [0.2, 0.25) is 0 Å². The summed E-state index contributed by atoms with van der Waals surface area (Å²) in [7, 11) is 1.27. The Hall–Kier alpha value is -2.79. The first-order valence-corrected chi connectivity index (χ1v) is 15.7. The third-order valence-electron chi connectivity index (χ3n) is 8.50. The first-order valence-electron chi connectivity index (χ1n) is 15.7. The lowest BCUT2D eigenvalue weighted by Crippen LogP contribution is -2.55. The van der Waals surface area contributed by atoms with Gasteiger partial charge in [-0.2, -0.15) is 0 Å². The van der Waals surface area contributed by atoms with Gasteiger partial charge in [-0.15, -0.1) is 0 Å². The van der Waals surface area contributed by atoms with Crippen molar-refractivity contribution in [3.8, 4) is 0 Å². The molecule has 2 fully saturated rings. The lowest BCUT2D eigenvalue weighted by Gasteiger charge is -2.37. The predicted octanol–water partition coefficient (Wildman–Crippen LogP) is 6.61. The van der Waals surface area contributed by atoms with Gasteiger partial charge in [0, 0.05) is 20.0 Å². The first-order chi connectivity index (χ1) is 20.2. The number of unbranched alkanes of at least 4 members (excludes halogenated alkanes) is 1. The highest BCUT2D eigenvalue weighted by atomic mass is 16.7. The Labute approximate surface area is 264 Å². The number of esters is 1. The number of likely N-dealkylation sites (tertiary alicyclic amines) is 1. The van der Waals surface area contributed by atoms with Crippen LogP contribution < -0.4 is 0 Å². The summed E-state index contributed by atoms with van der Waals surface area (Å²) < 4.78 is 29.7. The van der Waals surface area contributed by atoms with Crippen LogP contribution >= 0.6 is 0 Å². The molecule has 10 nitrogen and oxygen atoms in total. The summed E-state index contributed by atoms with van der Waals surface area (Å²) in [6, 6.07) is 8.91. The zero-order chi connectivity index (χ0) is 33.1. The van der Waals surface area contributed by atoms with E-state index in [0.717, 1.165) is 5.56 Å². The summed E-state index contributed by atoms with van der Waals surface area (Å²) in [5, 5.41) is 0. The molecule has 0 saturated carbocycles. The van der Waals surface area contributed by atoms with E-state index >= 15 is 0 Å². The predicted molar refractivity (Wildman–Crippen MR) is 169 cm³/mol. The molecule has 44 heavy (non-hydrogen) atoms. The van der Waals surface area contributed by atoms with Crippen LogP contribution in [0.5, 0.6) is 0 Å². The van der Waals surface area contributed by atoms with Gasteiger partial charge in [0.15, 0.2) is 0 Å². The summed E-state index contributed by atoms with van der Waals surface area (Å²) in [4.78, 5) is 43.9. The van der Waals surface area contributed by atoms with Crippen molar-refractivity contribution in [3.63, 3.8) is 0 Å². The maximum absolute atomic E-state index is 14.2. The highest BCUT2D eigenvalue weighted by Gasteiger charge is 2.57. The fourth-order valence-electron chi connectivity index (χ4n) is 5.46. The highest BCUT2D eigenvalue weighted by Crippen LogP contribution is 2.41. The number of nitrogens with zero attached hydrogens (tertiary/aromatic N) is 2. The molecule has 0 bridgehead atoms. The number of rotatable bonds is 9. The van der Waals surface area contributed by atoms with Crippen LogP contribution in [-0.2, 0) is 34.9 Å². The molecule has 0 aromatic heterocycles. The molecular formula is C33H53BN2O8. The number of hydrogen-bond acceptors (Lipinski definition) is 8. The molecule has 246 valence electrons. The monoisotopic (exact) mass is 616 g/mol. The molecule has 0 radical (unpaired) electrons. The van der Waals surface area contributed by atoms with Crippen molar-refractivity contribution >= 4 is 25.3 Å². The standard InChI is InChI=1S/C33H53BN2O8/c1-29(2,3)41-27(38)35(11)25-21-33(36(22-25)28(39)42-30(4,5)6,26(37)40-23-24-17-13-12-14-18-24)19-15-16-20-34-43-31(7,8)32(9,10)44-34/h12-14,17-18,25H,15-16,19-23H2,1-11H3/t25-,33?/m1/s1. The van der Waals surface area contributed by atoms with Gasteiger partial charge in [0.1, 0.15) is 23.3 Å². The molecule has 0 spiro atoms. The smallest absolute Gasteiger partial charge is 0.457 e. The van der Waals surface area contributed by atoms with Crippen LogP contribution in [0.2, 0.25) is 6.32 Å². The zero-order valence-corrected chi connectivity index (χ0v) is 28.7. The quantitative estimate of drug-likeness (QED) is 0.132. The summed E-state index contributed by atoms with van der Waals surface area (Å²) in [5.74, 6) is -0.525. The summed E-state index contributed by atoms with van der Waals surface area (Å²) in [5.41, 5.74) is -2.87. The number of carbonyl (C=O) groups is 3. The van der Waals surface area contributed by atoms with Crippen molar-refractivity contribution in [3.05, 3.63) is 35.9 Å². The second-order valence-electron chi connectivity index (χ2n) is 15.1. The topological polar surface area (TPSA) is 104 Å². The maximum atomic E-state index is 14.2. The Balaban J connectivity index is 1.88. The third-order valence-corrected chi connectivity index (χ3v) is 8.50. The van der Waals surface area contributed by atoms with E-state index in [4.69, 9.17) is 23.5 Å². The molecule has 0 aliphatic carbocycles. The largest absolute Gasteiger partial charge is 0.459 e. The number of ether oxygens (including phenoxy) is 3. The number of carbonyl (C=O) groups excluding carboxylic acids is 3. The van der Waals surface area contributed by atoms with Crippen LogP contribution in [0.4, 0.5) is 9.59 Å². The molecule has 1 aromatic carbocycles. The molecule has 3 rings (SSSR count). The van der Waals surface area contributed by atoms with Crippen molar-refractivity contribution in [2.45, 2.75) is 142 Å². The van der Waals surface area contributed by atoms with Gasteiger partial charge in [-0.1, -0.05) is 43.2 Å². The minimum Gasteiger partial charge on any atom is -0.459 e. The van der Waals surface area contributed by atoms with Crippen LogP contribution in [0.25, 0.3) is 0 Å². The van der Waals surface area contributed by atoms with Gasteiger partial charge in [0.05, 0.1) is 17.2 Å². The van der Waals surface area contributed by atoms with Crippen molar-refractivity contribution < 1.29 is 37.9 Å². The molecule has 2 aliphatic rings. The third kappa shape index (κ3) is 8.90. The normalized spacial score (nSPS) is 22.9. The average molecular weight is 617 g/mol. The summed E-state index contributed by atoms with van der Waals surface area (Å²) in [6.45, 7) is 19.0. The Bertz CT molecular complexity index is 1140. The van der Waals surface area contributed by atoms with Crippen LogP contribution in [0.1, 0.15) is 100 Å². The molecule has 2 aliphatic heterocycles. The van der Waals surface area contributed by atoms with E-state index in [-0.39, 0.29) is 26.7 Å². The van der Waals surface area contributed by atoms with E-state index < -0.39 is 52.1 Å². The Morgan fingerprint density at radius 3 is 2.05 bits per heavy atom. The summed E-state index contributed by atoms with van der Waals surface area (Å²) in [6.07, 6.45) is 1.27. The van der Waals surface area contributed by atoms with Gasteiger partial charge in [-0.25, -0.2) is 14.4 Å². The number of likely N-dealkylation sites (N-methyl/N-ethyl adjacent to an activating group) is 1. The van der Waals surface area contributed by atoms with E-state index in [1.54, 1.807) is 48.6 Å². The van der Waals surface area contributed by atoms with Gasteiger partial charge in [-0.3, -0.25) is 4.90 Å². The molecule has 1 aromatic rings. The second kappa shape index (κ2) is 13.3. The number of benzene rings is 1. The zero-order valence-electron chi connectivity index (χ0n) is 28.7. The van der Waals surface area contributed by atoms with Crippen LogP contribution in [0.15, 0.2) is 30.3 Å². The van der Waals surface area contributed by atoms with Gasteiger partial charge < -0.3 is 28.4 Å². The van der Waals surface area contributed by atoms with Crippen LogP contribution in [0, 0.1) is 0 Å². The molecule has 2 heterocycles. The molecule has 2 amide bonds. The Morgan fingerprint density at radius 1 is 0.932 bits per heavy atom. The van der Waals surface area contributed by atoms with Gasteiger partial charge >= 0.3 is 25.3 Å². The molecular weight excluding hydrogens is 563 g/mol. The summed E-state index contributed by atoms with van der Waals surface area (Å²) >= 11 is 0. The lowest BCUT2D eigenvalue weighted by atomic mass is 9.80. The van der Waals surface area contributed by atoms with Gasteiger partial charge in [-0.05, 0) is 87.5 Å². The number of hydrogen-bond donors (Lipinski definition) is 0. The lowest BCUT2D eigenvalue weighted by molar-refractivity contribution is -0.158. The van der Waals surface area contributed by atoms with Crippen LogP contribution in [-0.4, -0.2) is 82.7 Å². The minimum atomic E-state index is -1.35. The van der Waals surface area contributed by atoms with E-state index in [9.17, 15) is 14.4 Å². The van der Waals surface area contributed by atoms with Crippen molar-refractivity contribution in [1.29, 1.82) is 0 Å². The molecule has 1 unspecified atom stereocenters. The number of amides is 2. The van der Waals surface area contributed by atoms with E-state index in [0.29, 0.717) is 25.6 Å². The average Bonchev–Trinajstić information content (AvgIpc) is 3.37. The Morgan fingerprint density at radius 2 is 1.50 bits per heavy atom. The van der Waals surface area contributed by atoms with Crippen molar-refractivity contribution in [1.82, 2.24) is 9.80 Å². The fraction of sp³-hybridized carbons (Fsp3) is 0.727. The molecule has 2 saturated heterocycles. The van der Waals surface area contributed by atoms with E-state index in [1.165, 1.54) is 9.80 Å². The fourth-order valence-corrected chi connectivity index (χ4v) is 5.46.